The predicted molar refractivity (Wildman–Crippen MR) is 127 cm³/mol. The van der Waals surface area contributed by atoms with E-state index in [1.165, 1.54) is 33.5 Å². The van der Waals surface area contributed by atoms with E-state index in [9.17, 15) is 13.6 Å². The second-order valence-electron chi connectivity index (χ2n) is 8.40. The van der Waals surface area contributed by atoms with Crippen molar-refractivity contribution in [1.82, 2.24) is 9.47 Å². The fourth-order valence-corrected chi connectivity index (χ4v) is 7.16. The van der Waals surface area contributed by atoms with Gasteiger partial charge < -0.3 is 14.8 Å². The molecule has 6 rings (SSSR count). The van der Waals surface area contributed by atoms with E-state index < -0.39 is 17.7 Å². The van der Waals surface area contributed by atoms with Gasteiger partial charge in [-0.05, 0) is 67.0 Å². The maximum atomic E-state index is 14.4. The summed E-state index contributed by atoms with van der Waals surface area (Å²) in [5.74, 6) is -1.47. The highest BCUT2D eigenvalue weighted by Gasteiger charge is 2.36. The molecule has 2 amide bonds. The Hall–Kier alpha value is -2.97. The Morgan fingerprint density at radius 2 is 1.94 bits per heavy atom. The van der Waals surface area contributed by atoms with E-state index in [1.807, 2.05) is 34.9 Å². The van der Waals surface area contributed by atoms with Gasteiger partial charge in [0, 0.05) is 27.6 Å². The zero-order valence-electron chi connectivity index (χ0n) is 17.7. The monoisotopic (exact) mass is 481 g/mol. The van der Waals surface area contributed by atoms with E-state index in [4.69, 9.17) is 0 Å². The maximum Gasteiger partial charge on any atom is 0.323 e. The summed E-state index contributed by atoms with van der Waals surface area (Å²) in [5, 5.41) is 5.87. The Labute approximate surface area is 198 Å². The number of fused-ring (bicyclic) bond motifs is 5. The van der Waals surface area contributed by atoms with Crippen LogP contribution >= 0.6 is 22.7 Å². The normalized spacial score (nSPS) is 17.2. The van der Waals surface area contributed by atoms with E-state index in [-0.39, 0.29) is 11.7 Å². The van der Waals surface area contributed by atoms with Crippen molar-refractivity contribution in [3.8, 4) is 5.00 Å². The van der Waals surface area contributed by atoms with Gasteiger partial charge in [0.1, 0.15) is 22.7 Å². The number of halogens is 2. The van der Waals surface area contributed by atoms with Crippen LogP contribution in [-0.4, -0.2) is 15.5 Å². The van der Waals surface area contributed by atoms with Crippen LogP contribution in [0.15, 0.2) is 54.0 Å². The van der Waals surface area contributed by atoms with Crippen LogP contribution in [0.25, 0.3) is 5.00 Å². The minimum atomic E-state index is -0.789. The third kappa shape index (κ3) is 3.48. The highest BCUT2D eigenvalue weighted by atomic mass is 32.1. The molecule has 1 aliphatic carbocycles. The van der Waals surface area contributed by atoms with Gasteiger partial charge in [-0.15, -0.1) is 22.7 Å². The van der Waals surface area contributed by atoms with E-state index in [0.29, 0.717) is 6.54 Å². The molecule has 4 nitrogen and oxygen atoms in total. The summed E-state index contributed by atoms with van der Waals surface area (Å²) in [5.41, 5.74) is 3.52. The van der Waals surface area contributed by atoms with Gasteiger partial charge in [0.15, 0.2) is 0 Å². The first-order valence-corrected chi connectivity index (χ1v) is 12.7. The molecule has 1 aliphatic heterocycles. The zero-order chi connectivity index (χ0) is 22.5. The Morgan fingerprint density at radius 3 is 2.76 bits per heavy atom. The molecule has 8 heteroatoms. The van der Waals surface area contributed by atoms with Crippen molar-refractivity contribution in [3.05, 3.63) is 92.3 Å². The molecule has 0 spiro atoms. The summed E-state index contributed by atoms with van der Waals surface area (Å²) in [6, 6.07) is 10.5. The summed E-state index contributed by atoms with van der Waals surface area (Å²) in [6.45, 7) is 0.431. The van der Waals surface area contributed by atoms with Crippen molar-refractivity contribution in [2.75, 3.05) is 5.32 Å². The molecule has 0 unspecified atom stereocenters. The summed E-state index contributed by atoms with van der Waals surface area (Å²) >= 11 is 3.42. The molecule has 1 N–H and O–H groups in total. The van der Waals surface area contributed by atoms with Crippen LogP contribution in [0.4, 0.5) is 19.3 Å². The number of aryl methyl sites for hydroxylation is 1. The number of nitrogens with one attached hydrogen (secondary N) is 1. The first kappa shape index (κ1) is 20.6. The molecule has 0 bridgehead atoms. The van der Waals surface area contributed by atoms with Crippen LogP contribution in [0.5, 0.6) is 0 Å². The van der Waals surface area contributed by atoms with E-state index in [1.54, 1.807) is 16.2 Å². The number of nitrogens with zero attached hydrogens (tertiary/aromatic N) is 2. The molecular weight excluding hydrogens is 460 g/mol. The number of carbonyl (C=O) groups is 1. The average Bonchev–Trinajstić information content (AvgIpc) is 3.55. The lowest BCUT2D eigenvalue weighted by atomic mass is 9.95. The lowest BCUT2D eigenvalue weighted by Crippen LogP contribution is -2.38. The Kier molecular flexibility index (Phi) is 5.07. The molecule has 1 atom stereocenters. The molecule has 3 aromatic heterocycles. The van der Waals surface area contributed by atoms with Crippen molar-refractivity contribution >= 4 is 34.4 Å². The number of benzene rings is 1. The topological polar surface area (TPSA) is 37.3 Å². The van der Waals surface area contributed by atoms with Gasteiger partial charge in [0.05, 0.1) is 17.9 Å². The lowest BCUT2D eigenvalue weighted by molar-refractivity contribution is 0.195. The molecule has 0 saturated carbocycles. The summed E-state index contributed by atoms with van der Waals surface area (Å²) in [7, 11) is 0. The third-order valence-electron chi connectivity index (χ3n) is 6.43. The molecule has 33 heavy (non-hydrogen) atoms. The SMILES string of the molecule is O=C(Nc1ccc(F)cc1F)N1Cc2c(sc3c2CCCC3)-n2cccc2[C@H]1c1cccs1. The van der Waals surface area contributed by atoms with Crippen LogP contribution in [0.3, 0.4) is 0 Å². The number of hydrogen-bond acceptors (Lipinski definition) is 3. The molecular formula is C25H21F2N3OS2. The number of hydrogen-bond donors (Lipinski definition) is 1. The van der Waals surface area contributed by atoms with Gasteiger partial charge >= 0.3 is 6.03 Å². The second kappa shape index (κ2) is 8.11. The first-order chi connectivity index (χ1) is 16.1. The molecule has 4 heterocycles. The molecule has 0 radical (unpaired) electrons. The highest BCUT2D eigenvalue weighted by molar-refractivity contribution is 7.15. The predicted octanol–water partition coefficient (Wildman–Crippen LogP) is 6.89. The minimum absolute atomic E-state index is 0.0291. The van der Waals surface area contributed by atoms with E-state index in [0.717, 1.165) is 42.0 Å². The smallest absolute Gasteiger partial charge is 0.310 e. The number of carbonyl (C=O) groups excluding carboxylic acids is 1. The Balaban J connectivity index is 1.48. The fourth-order valence-electron chi connectivity index (χ4n) is 4.91. The summed E-state index contributed by atoms with van der Waals surface area (Å²) < 4.78 is 30.0. The first-order valence-electron chi connectivity index (χ1n) is 11.0. The van der Waals surface area contributed by atoms with Crippen molar-refractivity contribution in [1.29, 1.82) is 0 Å². The molecule has 2 aliphatic rings. The lowest BCUT2D eigenvalue weighted by Gasteiger charge is -2.30. The van der Waals surface area contributed by atoms with Crippen LogP contribution in [0.2, 0.25) is 0 Å². The standard InChI is InChI=1S/C25H21F2N3OS2/c26-15-9-10-19(18(27)13-15)28-25(31)30-14-17-16-5-1-2-7-21(16)33-24(17)29-11-3-6-20(29)23(30)22-8-4-12-32-22/h3-4,6,8-13,23H,1-2,5,7,14H2,(H,28,31)/t23-/m0/s1. The zero-order valence-corrected chi connectivity index (χ0v) is 19.3. The van der Waals surface area contributed by atoms with Crippen molar-refractivity contribution in [2.45, 2.75) is 38.3 Å². The number of amides is 2. The molecule has 1 aromatic carbocycles. The minimum Gasteiger partial charge on any atom is -0.310 e. The molecule has 0 fully saturated rings. The second-order valence-corrected chi connectivity index (χ2v) is 10.5. The van der Waals surface area contributed by atoms with Crippen molar-refractivity contribution in [3.63, 3.8) is 0 Å². The number of thiophene rings is 2. The highest BCUT2D eigenvalue weighted by Crippen LogP contribution is 2.44. The van der Waals surface area contributed by atoms with E-state index in [2.05, 4.69) is 22.1 Å². The number of rotatable bonds is 2. The van der Waals surface area contributed by atoms with Crippen LogP contribution in [-0.2, 0) is 19.4 Å². The van der Waals surface area contributed by atoms with Crippen LogP contribution in [0.1, 0.15) is 45.5 Å². The number of urea groups is 1. The van der Waals surface area contributed by atoms with Crippen molar-refractivity contribution in [2.24, 2.45) is 0 Å². The van der Waals surface area contributed by atoms with Crippen LogP contribution < -0.4 is 5.32 Å². The molecule has 4 aromatic rings. The van der Waals surface area contributed by atoms with Gasteiger partial charge in [0.2, 0.25) is 0 Å². The maximum absolute atomic E-state index is 14.4. The number of anilines is 1. The summed E-state index contributed by atoms with van der Waals surface area (Å²) in [6.07, 6.45) is 6.50. The fraction of sp³-hybridized carbons (Fsp3) is 0.240. The molecule has 168 valence electrons. The van der Waals surface area contributed by atoms with Crippen LogP contribution in [0, 0.1) is 11.6 Å². The van der Waals surface area contributed by atoms with Gasteiger partial charge in [-0.1, -0.05) is 6.07 Å². The van der Waals surface area contributed by atoms with E-state index >= 15 is 0 Å². The van der Waals surface area contributed by atoms with Gasteiger partial charge in [0.25, 0.3) is 0 Å². The largest absolute Gasteiger partial charge is 0.323 e. The quantitative estimate of drug-likeness (QED) is 0.332. The van der Waals surface area contributed by atoms with Gasteiger partial charge in [-0.2, -0.15) is 0 Å². The summed E-state index contributed by atoms with van der Waals surface area (Å²) in [4.78, 5) is 17.9. The van der Waals surface area contributed by atoms with Gasteiger partial charge in [-0.3, -0.25) is 0 Å². The number of aromatic nitrogens is 1. The Morgan fingerprint density at radius 1 is 1.06 bits per heavy atom. The van der Waals surface area contributed by atoms with Gasteiger partial charge in [-0.25, -0.2) is 13.6 Å². The third-order valence-corrected chi connectivity index (χ3v) is 8.68. The van der Waals surface area contributed by atoms with Crippen molar-refractivity contribution < 1.29 is 13.6 Å². The molecule has 0 saturated heterocycles. The average molecular weight is 482 g/mol. The Bertz CT molecular complexity index is 1340.